The van der Waals surface area contributed by atoms with Gasteiger partial charge in [0.15, 0.2) is 17.3 Å². The minimum atomic E-state index is -4.16. The fourth-order valence-electron chi connectivity index (χ4n) is 4.15. The molecule has 4 heterocycles. The summed E-state index contributed by atoms with van der Waals surface area (Å²) in [6.07, 6.45) is 3.89. The number of anilines is 1. The monoisotopic (exact) mass is 568 g/mol. The number of sulfonamides is 1. The summed E-state index contributed by atoms with van der Waals surface area (Å²) < 4.78 is 53.7. The second-order valence-corrected chi connectivity index (χ2v) is 11.6. The molecule has 16 heteroatoms. The van der Waals surface area contributed by atoms with E-state index in [1.54, 1.807) is 0 Å². The maximum Gasteiger partial charge on any atom is 0.245 e. The van der Waals surface area contributed by atoms with Crippen LogP contribution in [0.5, 0.6) is 11.8 Å². The molecule has 1 aliphatic rings. The summed E-state index contributed by atoms with van der Waals surface area (Å²) in [6.45, 7) is 5.40. The summed E-state index contributed by atoms with van der Waals surface area (Å²) in [5, 5.41) is 7.61. The highest BCUT2D eigenvalue weighted by atomic mass is 35.5. The Morgan fingerprint density at radius 1 is 1.11 bits per heavy atom. The molecule has 38 heavy (non-hydrogen) atoms. The van der Waals surface area contributed by atoms with E-state index < -0.39 is 33.1 Å². The molecular weight excluding hydrogens is 540 g/mol. The number of aromatic nitrogens is 7. The van der Waals surface area contributed by atoms with Gasteiger partial charge in [-0.15, -0.1) is 10.2 Å². The highest BCUT2D eigenvalue weighted by Gasteiger charge is 2.39. The van der Waals surface area contributed by atoms with E-state index in [-0.39, 0.29) is 29.2 Å². The van der Waals surface area contributed by atoms with Gasteiger partial charge in [0.2, 0.25) is 27.7 Å². The van der Waals surface area contributed by atoms with Gasteiger partial charge in [0.1, 0.15) is 23.8 Å². The summed E-state index contributed by atoms with van der Waals surface area (Å²) in [5.41, 5.74) is -0.193. The third-order valence-electron chi connectivity index (χ3n) is 6.11. The molecule has 0 radical (unpaired) electrons. The summed E-state index contributed by atoms with van der Waals surface area (Å²) in [7, 11) is 0.0510. The molecular formula is C22H29ClN8O6S. The first kappa shape index (κ1) is 27.9. The molecule has 3 aromatic heterocycles. The molecule has 1 fully saturated rings. The summed E-state index contributed by atoms with van der Waals surface area (Å²) in [5.74, 6) is 0.578. The zero-order chi connectivity index (χ0) is 27.7. The van der Waals surface area contributed by atoms with Gasteiger partial charge >= 0.3 is 0 Å². The highest BCUT2D eigenvalue weighted by Crippen LogP contribution is 2.42. The van der Waals surface area contributed by atoms with Crippen molar-refractivity contribution in [2.45, 2.75) is 56.7 Å². The van der Waals surface area contributed by atoms with Crippen molar-refractivity contribution in [3.8, 4) is 17.4 Å². The van der Waals surface area contributed by atoms with Crippen molar-refractivity contribution in [2.24, 2.45) is 0 Å². The fraction of sp³-hybridized carbons (Fsp3) is 0.545. The SMILES string of the molecule is COc1ncnc(OC)c1-n1c(NS(=O)(=O)[C@@H](C)[C@H](OC)c2ncc(Cl)cn2)nnc1C1CCC(C)(C)O1. The van der Waals surface area contributed by atoms with E-state index in [2.05, 4.69) is 34.9 Å². The van der Waals surface area contributed by atoms with Crippen LogP contribution >= 0.6 is 11.6 Å². The van der Waals surface area contributed by atoms with Gasteiger partial charge in [0.05, 0.1) is 24.8 Å². The average molecular weight is 569 g/mol. The van der Waals surface area contributed by atoms with Gasteiger partial charge in [-0.3, -0.25) is 9.29 Å². The predicted molar refractivity (Wildman–Crippen MR) is 136 cm³/mol. The van der Waals surface area contributed by atoms with Crippen molar-refractivity contribution in [3.63, 3.8) is 0 Å². The lowest BCUT2D eigenvalue weighted by Gasteiger charge is -2.23. The van der Waals surface area contributed by atoms with Crippen LogP contribution in [0.4, 0.5) is 5.95 Å². The minimum absolute atomic E-state index is 0.119. The molecule has 0 aliphatic carbocycles. The van der Waals surface area contributed by atoms with E-state index in [0.717, 1.165) is 6.42 Å². The zero-order valence-electron chi connectivity index (χ0n) is 21.7. The lowest BCUT2D eigenvalue weighted by atomic mass is 10.1. The Kier molecular flexibility index (Phi) is 8.01. The number of hydrogen-bond acceptors (Lipinski definition) is 12. The van der Waals surface area contributed by atoms with Crippen molar-refractivity contribution in [3.05, 3.63) is 35.4 Å². The van der Waals surface area contributed by atoms with Crippen molar-refractivity contribution < 1.29 is 27.4 Å². The van der Waals surface area contributed by atoms with Gasteiger partial charge in [-0.25, -0.2) is 18.4 Å². The second kappa shape index (κ2) is 10.9. The molecule has 0 spiro atoms. The van der Waals surface area contributed by atoms with Crippen LogP contribution in [0.3, 0.4) is 0 Å². The Labute approximate surface area is 225 Å². The van der Waals surface area contributed by atoms with Crippen molar-refractivity contribution >= 4 is 27.6 Å². The van der Waals surface area contributed by atoms with Gasteiger partial charge < -0.3 is 18.9 Å². The van der Waals surface area contributed by atoms with Crippen LogP contribution in [-0.4, -0.2) is 75.3 Å². The molecule has 4 rings (SSSR count). The van der Waals surface area contributed by atoms with Crippen LogP contribution in [-0.2, 0) is 19.5 Å². The van der Waals surface area contributed by atoms with Crippen LogP contribution in [0.2, 0.25) is 5.02 Å². The van der Waals surface area contributed by atoms with Crippen molar-refractivity contribution in [1.82, 2.24) is 34.7 Å². The quantitative estimate of drug-likeness (QED) is 0.380. The van der Waals surface area contributed by atoms with Gasteiger partial charge in [0, 0.05) is 19.5 Å². The molecule has 1 unspecified atom stereocenters. The molecule has 0 bridgehead atoms. The summed E-state index contributed by atoms with van der Waals surface area (Å²) in [4.78, 5) is 16.6. The van der Waals surface area contributed by atoms with Crippen LogP contribution in [0.1, 0.15) is 57.5 Å². The van der Waals surface area contributed by atoms with Gasteiger partial charge in [-0.2, -0.15) is 9.97 Å². The molecule has 3 aromatic rings. The van der Waals surface area contributed by atoms with Crippen molar-refractivity contribution in [1.29, 1.82) is 0 Å². The van der Waals surface area contributed by atoms with E-state index in [9.17, 15) is 8.42 Å². The number of methoxy groups -OCH3 is 3. The normalized spacial score (nSPS) is 18.7. The summed E-state index contributed by atoms with van der Waals surface area (Å²) in [6, 6.07) is 0. The fourth-order valence-corrected chi connectivity index (χ4v) is 5.38. The number of ether oxygens (including phenoxy) is 4. The van der Waals surface area contributed by atoms with E-state index >= 15 is 0 Å². The molecule has 0 saturated carbocycles. The predicted octanol–water partition coefficient (Wildman–Crippen LogP) is 2.67. The maximum absolute atomic E-state index is 13.6. The first-order valence-electron chi connectivity index (χ1n) is 11.6. The Hall–Kier alpha value is -3.14. The molecule has 1 saturated heterocycles. The van der Waals surface area contributed by atoms with Crippen LogP contribution in [0.25, 0.3) is 5.69 Å². The lowest BCUT2D eigenvalue weighted by molar-refractivity contribution is -0.0207. The number of halogens is 1. The number of hydrogen-bond donors (Lipinski definition) is 1. The molecule has 1 aliphatic heterocycles. The maximum atomic E-state index is 13.6. The molecule has 1 N–H and O–H groups in total. The smallest absolute Gasteiger partial charge is 0.245 e. The van der Waals surface area contributed by atoms with E-state index in [1.165, 1.54) is 51.5 Å². The van der Waals surface area contributed by atoms with Crippen LogP contribution in [0.15, 0.2) is 18.7 Å². The van der Waals surface area contributed by atoms with Crippen molar-refractivity contribution in [2.75, 3.05) is 26.1 Å². The zero-order valence-corrected chi connectivity index (χ0v) is 23.3. The summed E-state index contributed by atoms with van der Waals surface area (Å²) >= 11 is 5.88. The average Bonchev–Trinajstić information content (AvgIpc) is 3.46. The third kappa shape index (κ3) is 5.50. The number of rotatable bonds is 10. The number of nitrogens with zero attached hydrogens (tertiary/aromatic N) is 7. The standard InChI is InChI=1S/C22H29ClN8O6S/c1-12(16(34-4)17-24-9-13(23)10-25-17)38(32,33)30-21-29-28-18(14-7-8-22(2,3)37-14)31(21)15-19(35-5)26-11-27-20(15)36-6/h9-12,14,16H,7-8H2,1-6H3,(H,29,30)/t12-,14?,16-/m0/s1. The molecule has 14 nitrogen and oxygen atoms in total. The van der Waals surface area contributed by atoms with E-state index in [0.29, 0.717) is 17.3 Å². The molecule has 3 atom stereocenters. The first-order valence-corrected chi connectivity index (χ1v) is 13.5. The Bertz CT molecular complexity index is 1360. The Morgan fingerprint density at radius 3 is 2.26 bits per heavy atom. The van der Waals surface area contributed by atoms with Gasteiger partial charge in [0.25, 0.3) is 0 Å². The Morgan fingerprint density at radius 2 is 1.74 bits per heavy atom. The second-order valence-electron chi connectivity index (χ2n) is 9.13. The number of nitrogens with one attached hydrogen (secondary N) is 1. The first-order chi connectivity index (χ1) is 18.0. The molecule has 206 valence electrons. The van der Waals surface area contributed by atoms with E-state index in [4.69, 9.17) is 30.5 Å². The van der Waals surface area contributed by atoms with Gasteiger partial charge in [-0.05, 0) is 33.6 Å². The van der Waals surface area contributed by atoms with Crippen LogP contribution < -0.4 is 14.2 Å². The Balaban J connectivity index is 1.79. The van der Waals surface area contributed by atoms with Crippen LogP contribution in [0, 0.1) is 0 Å². The van der Waals surface area contributed by atoms with Gasteiger partial charge in [-0.1, -0.05) is 11.6 Å². The lowest BCUT2D eigenvalue weighted by Crippen LogP contribution is -2.33. The largest absolute Gasteiger partial charge is 0.479 e. The highest BCUT2D eigenvalue weighted by molar-refractivity contribution is 7.93. The third-order valence-corrected chi connectivity index (χ3v) is 8.00. The molecule has 0 amide bonds. The van der Waals surface area contributed by atoms with E-state index in [1.807, 2.05) is 13.8 Å². The topological polar surface area (TPSA) is 165 Å². The molecule has 0 aromatic carbocycles. The minimum Gasteiger partial charge on any atom is -0.479 e.